The largest absolute Gasteiger partial charge is 0.449 e. The number of nitrogens with one attached hydrogen (secondary N) is 2. The van der Waals surface area contributed by atoms with E-state index in [-0.39, 0.29) is 30.1 Å². The maximum absolute atomic E-state index is 12.6. The summed E-state index contributed by atoms with van der Waals surface area (Å²) in [5, 5.41) is 5.48. The molecule has 2 N–H and O–H groups in total. The molecule has 1 rings (SSSR count). The van der Waals surface area contributed by atoms with E-state index in [2.05, 4.69) is 10.6 Å². The summed E-state index contributed by atoms with van der Waals surface area (Å²) >= 11 is 0. The van der Waals surface area contributed by atoms with E-state index < -0.39 is 12.1 Å². The molecule has 1 atom stereocenters. The van der Waals surface area contributed by atoms with Gasteiger partial charge in [-0.15, -0.1) is 0 Å². The lowest BCUT2D eigenvalue weighted by Gasteiger charge is -2.32. The number of rotatable bonds is 8. The minimum atomic E-state index is -0.863. The van der Waals surface area contributed by atoms with Crippen LogP contribution in [0.5, 0.6) is 0 Å². The molecule has 0 unspecified atom stereocenters. The zero-order valence-electron chi connectivity index (χ0n) is 17.9. The average molecular weight is 392 g/mol. The number of carbonyl (C=O) groups excluding carboxylic acids is 3. The number of amides is 3. The summed E-state index contributed by atoms with van der Waals surface area (Å²) in [6.07, 6.45) is -0.863. The van der Waals surface area contributed by atoms with Crippen molar-refractivity contribution in [3.63, 3.8) is 0 Å². The van der Waals surface area contributed by atoms with Gasteiger partial charge in [0.05, 0.1) is 5.56 Å². The molecule has 0 aromatic heterocycles. The number of ether oxygens (including phenoxy) is 1. The van der Waals surface area contributed by atoms with E-state index in [1.165, 1.54) is 0 Å². The molecule has 3 amide bonds. The molecule has 7 heteroatoms. The SMILES string of the molecule is CC(C)NC(=O)NCc1ccc(C(=O)O[C@@H](C)C(=O)N(C(C)C)C(C)C)cc1. The zero-order chi connectivity index (χ0) is 21.4. The van der Waals surface area contributed by atoms with E-state index in [1.807, 2.05) is 41.5 Å². The van der Waals surface area contributed by atoms with Crippen LogP contribution in [0.2, 0.25) is 0 Å². The standard InChI is InChI=1S/C21H33N3O4/c1-13(2)23-21(27)22-12-17-8-10-18(11-9-17)20(26)28-16(7)19(25)24(14(3)4)15(5)6/h8-11,13-16H,12H2,1-7H3,(H2,22,23,27)/t16-/m0/s1. The van der Waals surface area contributed by atoms with E-state index in [1.54, 1.807) is 36.1 Å². The molecule has 156 valence electrons. The molecule has 0 bridgehead atoms. The van der Waals surface area contributed by atoms with E-state index in [0.29, 0.717) is 12.1 Å². The second-order valence-corrected chi connectivity index (χ2v) is 7.66. The predicted octanol–water partition coefficient (Wildman–Crippen LogP) is 3.08. The number of esters is 1. The molecule has 0 radical (unpaired) electrons. The van der Waals surface area contributed by atoms with Crippen molar-refractivity contribution in [3.05, 3.63) is 35.4 Å². The number of hydrogen-bond acceptors (Lipinski definition) is 4. The molecule has 0 fully saturated rings. The van der Waals surface area contributed by atoms with Gasteiger partial charge in [0.2, 0.25) is 0 Å². The third-order valence-electron chi connectivity index (χ3n) is 4.06. The molecule has 0 aliphatic carbocycles. The van der Waals surface area contributed by atoms with E-state index in [9.17, 15) is 14.4 Å². The van der Waals surface area contributed by atoms with Crippen LogP contribution in [0.3, 0.4) is 0 Å². The van der Waals surface area contributed by atoms with Gasteiger partial charge in [-0.3, -0.25) is 4.79 Å². The summed E-state index contributed by atoms with van der Waals surface area (Å²) in [7, 11) is 0. The van der Waals surface area contributed by atoms with Gasteiger partial charge in [-0.1, -0.05) is 12.1 Å². The van der Waals surface area contributed by atoms with Crippen molar-refractivity contribution in [2.24, 2.45) is 0 Å². The van der Waals surface area contributed by atoms with Gasteiger partial charge < -0.3 is 20.3 Å². The molecule has 0 spiro atoms. The average Bonchev–Trinajstić information content (AvgIpc) is 2.59. The minimum Gasteiger partial charge on any atom is -0.449 e. The predicted molar refractivity (Wildman–Crippen MR) is 109 cm³/mol. The third kappa shape index (κ3) is 7.21. The number of benzene rings is 1. The Morgan fingerprint density at radius 2 is 1.46 bits per heavy atom. The lowest BCUT2D eigenvalue weighted by Crippen LogP contribution is -2.47. The highest BCUT2D eigenvalue weighted by molar-refractivity contribution is 5.92. The summed E-state index contributed by atoms with van der Waals surface area (Å²) < 4.78 is 5.35. The lowest BCUT2D eigenvalue weighted by atomic mass is 10.1. The Kier molecular flexibility index (Phi) is 8.96. The second-order valence-electron chi connectivity index (χ2n) is 7.66. The van der Waals surface area contributed by atoms with Gasteiger partial charge in [-0.05, 0) is 66.2 Å². The van der Waals surface area contributed by atoms with Crippen LogP contribution in [0.15, 0.2) is 24.3 Å². The van der Waals surface area contributed by atoms with Crippen molar-refractivity contribution in [1.82, 2.24) is 15.5 Å². The molecule has 0 aliphatic rings. The first-order chi connectivity index (χ1) is 13.0. The first-order valence-corrected chi connectivity index (χ1v) is 9.69. The van der Waals surface area contributed by atoms with Crippen molar-refractivity contribution >= 4 is 17.9 Å². The van der Waals surface area contributed by atoms with Gasteiger partial charge in [0.15, 0.2) is 6.10 Å². The molecular weight excluding hydrogens is 358 g/mol. The van der Waals surface area contributed by atoms with Crippen molar-refractivity contribution in [2.45, 2.75) is 79.2 Å². The fraction of sp³-hybridized carbons (Fsp3) is 0.571. The third-order valence-corrected chi connectivity index (χ3v) is 4.06. The molecule has 1 aromatic carbocycles. The first kappa shape index (κ1) is 23.5. The molecule has 0 heterocycles. The highest BCUT2D eigenvalue weighted by atomic mass is 16.5. The zero-order valence-corrected chi connectivity index (χ0v) is 17.9. The van der Waals surface area contributed by atoms with E-state index >= 15 is 0 Å². The summed E-state index contributed by atoms with van der Waals surface area (Å²) in [5.74, 6) is -0.763. The van der Waals surface area contributed by atoms with Crippen LogP contribution in [0, 0.1) is 0 Å². The fourth-order valence-electron chi connectivity index (χ4n) is 2.85. The Morgan fingerprint density at radius 3 is 1.93 bits per heavy atom. The van der Waals surface area contributed by atoms with Crippen LogP contribution in [-0.4, -0.2) is 47.0 Å². The summed E-state index contributed by atoms with van der Waals surface area (Å²) in [6, 6.07) is 6.59. The van der Waals surface area contributed by atoms with Crippen LogP contribution in [-0.2, 0) is 16.1 Å². The molecular formula is C21H33N3O4. The van der Waals surface area contributed by atoms with Crippen LogP contribution >= 0.6 is 0 Å². The first-order valence-electron chi connectivity index (χ1n) is 9.69. The number of nitrogens with zero attached hydrogens (tertiary/aromatic N) is 1. The monoisotopic (exact) mass is 391 g/mol. The van der Waals surface area contributed by atoms with Gasteiger partial charge in [0, 0.05) is 24.7 Å². The Hall–Kier alpha value is -2.57. The Balaban J connectivity index is 2.65. The maximum Gasteiger partial charge on any atom is 0.338 e. The van der Waals surface area contributed by atoms with E-state index in [0.717, 1.165) is 5.56 Å². The molecule has 7 nitrogen and oxygen atoms in total. The molecule has 28 heavy (non-hydrogen) atoms. The molecule has 0 saturated heterocycles. The molecule has 1 aromatic rings. The van der Waals surface area contributed by atoms with E-state index in [4.69, 9.17) is 4.74 Å². The topological polar surface area (TPSA) is 87.7 Å². The number of urea groups is 1. The summed E-state index contributed by atoms with van der Waals surface area (Å²) in [6.45, 7) is 13.4. The highest BCUT2D eigenvalue weighted by Crippen LogP contribution is 2.12. The maximum atomic E-state index is 12.6. The van der Waals surface area contributed by atoms with Crippen molar-refractivity contribution in [3.8, 4) is 0 Å². The van der Waals surface area contributed by atoms with Crippen LogP contribution in [0.1, 0.15) is 64.4 Å². The van der Waals surface area contributed by atoms with Crippen molar-refractivity contribution in [2.75, 3.05) is 0 Å². The Bertz CT molecular complexity index is 661. The number of carbonyl (C=O) groups is 3. The number of hydrogen-bond donors (Lipinski definition) is 2. The normalized spacial score (nSPS) is 12.1. The Labute approximate surface area is 167 Å². The van der Waals surface area contributed by atoms with Gasteiger partial charge in [-0.25, -0.2) is 9.59 Å². The smallest absolute Gasteiger partial charge is 0.338 e. The minimum absolute atomic E-state index is 0.0216. The quantitative estimate of drug-likeness (QED) is 0.667. The summed E-state index contributed by atoms with van der Waals surface area (Å²) in [4.78, 5) is 38.2. The van der Waals surface area contributed by atoms with Crippen LogP contribution in [0.4, 0.5) is 4.79 Å². The van der Waals surface area contributed by atoms with Crippen molar-refractivity contribution in [1.29, 1.82) is 0 Å². The van der Waals surface area contributed by atoms with Crippen LogP contribution < -0.4 is 10.6 Å². The highest BCUT2D eigenvalue weighted by Gasteiger charge is 2.27. The van der Waals surface area contributed by atoms with Crippen LogP contribution in [0.25, 0.3) is 0 Å². The molecule has 0 saturated carbocycles. The summed E-state index contributed by atoms with van der Waals surface area (Å²) in [5.41, 5.74) is 1.21. The lowest BCUT2D eigenvalue weighted by molar-refractivity contribution is -0.143. The van der Waals surface area contributed by atoms with Gasteiger partial charge in [0.25, 0.3) is 5.91 Å². The van der Waals surface area contributed by atoms with Crippen molar-refractivity contribution < 1.29 is 19.1 Å². The molecule has 0 aliphatic heterocycles. The Morgan fingerprint density at radius 1 is 0.929 bits per heavy atom. The van der Waals surface area contributed by atoms with Gasteiger partial charge in [0.1, 0.15) is 0 Å². The second kappa shape index (κ2) is 10.7. The van der Waals surface area contributed by atoms with Gasteiger partial charge >= 0.3 is 12.0 Å². The fourth-order valence-corrected chi connectivity index (χ4v) is 2.85. The van der Waals surface area contributed by atoms with Gasteiger partial charge in [-0.2, -0.15) is 0 Å².